The summed E-state index contributed by atoms with van der Waals surface area (Å²) in [5.41, 5.74) is 0.478. The zero-order valence-corrected chi connectivity index (χ0v) is 8.91. The molecule has 0 amide bonds. The Hall–Kier alpha value is -2.16. The molecule has 0 saturated carbocycles. The van der Waals surface area contributed by atoms with Crippen molar-refractivity contribution >= 4 is 5.97 Å². The van der Waals surface area contributed by atoms with E-state index >= 15 is 0 Å². The summed E-state index contributed by atoms with van der Waals surface area (Å²) >= 11 is 0. The molecule has 0 aromatic heterocycles. The Labute approximate surface area is 96.0 Å². The average Bonchev–Trinajstić information content (AvgIpc) is 2.22. The Kier molecular flexibility index (Phi) is 3.99. The highest BCUT2D eigenvalue weighted by molar-refractivity contribution is 5.73. The first-order valence-electron chi connectivity index (χ1n) is 4.65. The highest BCUT2D eigenvalue weighted by Crippen LogP contribution is 2.28. The van der Waals surface area contributed by atoms with Crippen molar-refractivity contribution in [2.24, 2.45) is 0 Å². The number of carboxylic acids is 1. The Morgan fingerprint density at radius 2 is 2.24 bits per heavy atom. The van der Waals surface area contributed by atoms with Crippen molar-refractivity contribution in [3.63, 3.8) is 0 Å². The molecule has 6 heteroatoms. The standard InChI is InChI=1S/C11H9F2NO3/c1-6-2-3-7(5-14)10(17-11(12)13)8(6)4-9(15)16/h2-3,11H,4H2,1H3,(H,15,16). The third-order valence-corrected chi connectivity index (χ3v) is 2.15. The van der Waals surface area contributed by atoms with Crippen LogP contribution in [0.15, 0.2) is 12.1 Å². The first-order chi connectivity index (χ1) is 7.95. The van der Waals surface area contributed by atoms with Gasteiger partial charge >= 0.3 is 12.6 Å². The number of aliphatic carboxylic acids is 1. The maximum Gasteiger partial charge on any atom is 0.387 e. The molecule has 0 bridgehead atoms. The Balaban J connectivity index is 3.32. The molecule has 0 aliphatic rings. The maximum absolute atomic E-state index is 12.2. The van der Waals surface area contributed by atoms with Gasteiger partial charge in [0.25, 0.3) is 0 Å². The van der Waals surface area contributed by atoms with Crippen LogP contribution in [0.5, 0.6) is 5.75 Å². The number of carbonyl (C=O) groups is 1. The quantitative estimate of drug-likeness (QED) is 0.876. The summed E-state index contributed by atoms with van der Waals surface area (Å²) in [5, 5.41) is 17.4. The van der Waals surface area contributed by atoms with E-state index < -0.39 is 19.0 Å². The molecule has 1 rings (SSSR count). The molecule has 0 heterocycles. The molecule has 1 aromatic rings. The number of alkyl halides is 2. The molecule has 0 spiro atoms. The lowest BCUT2D eigenvalue weighted by atomic mass is 10.0. The molecule has 90 valence electrons. The number of benzene rings is 1. The van der Waals surface area contributed by atoms with Crippen molar-refractivity contribution in [3.05, 3.63) is 28.8 Å². The number of nitrogens with zero attached hydrogens (tertiary/aromatic N) is 1. The van der Waals surface area contributed by atoms with Gasteiger partial charge in [0.15, 0.2) is 0 Å². The highest BCUT2D eigenvalue weighted by atomic mass is 19.3. The van der Waals surface area contributed by atoms with Crippen LogP contribution in [0.1, 0.15) is 16.7 Å². The molecule has 0 saturated heterocycles. The van der Waals surface area contributed by atoms with Crippen molar-refractivity contribution in [1.29, 1.82) is 5.26 Å². The van der Waals surface area contributed by atoms with Crippen LogP contribution in [0.25, 0.3) is 0 Å². The Morgan fingerprint density at radius 3 is 2.71 bits per heavy atom. The van der Waals surface area contributed by atoms with Crippen LogP contribution in [0.3, 0.4) is 0 Å². The predicted octanol–water partition coefficient (Wildman–Crippen LogP) is 2.10. The Bertz CT molecular complexity index is 480. The minimum atomic E-state index is -3.10. The number of halogens is 2. The molecule has 0 atom stereocenters. The normalized spacial score (nSPS) is 10.1. The molecule has 0 radical (unpaired) electrons. The summed E-state index contributed by atoms with van der Waals surface area (Å²) in [5.74, 6) is -1.53. The minimum Gasteiger partial charge on any atom is -0.481 e. The topological polar surface area (TPSA) is 70.3 Å². The smallest absolute Gasteiger partial charge is 0.387 e. The van der Waals surface area contributed by atoms with Crippen molar-refractivity contribution in [2.75, 3.05) is 0 Å². The SMILES string of the molecule is Cc1ccc(C#N)c(OC(F)F)c1CC(=O)O. The van der Waals surface area contributed by atoms with E-state index in [-0.39, 0.29) is 16.9 Å². The van der Waals surface area contributed by atoms with Crippen LogP contribution in [-0.4, -0.2) is 17.7 Å². The van der Waals surface area contributed by atoms with Gasteiger partial charge in [-0.05, 0) is 18.6 Å². The van der Waals surface area contributed by atoms with Gasteiger partial charge in [0, 0.05) is 5.56 Å². The van der Waals surface area contributed by atoms with E-state index in [0.29, 0.717) is 5.56 Å². The molecule has 1 N–H and O–H groups in total. The molecule has 17 heavy (non-hydrogen) atoms. The summed E-state index contributed by atoms with van der Waals surface area (Å²) in [7, 11) is 0. The lowest BCUT2D eigenvalue weighted by Crippen LogP contribution is -2.10. The zero-order chi connectivity index (χ0) is 13.0. The van der Waals surface area contributed by atoms with E-state index in [2.05, 4.69) is 4.74 Å². The molecule has 0 aliphatic heterocycles. The minimum absolute atomic E-state index is 0.0943. The molecule has 4 nitrogen and oxygen atoms in total. The third-order valence-electron chi connectivity index (χ3n) is 2.15. The van der Waals surface area contributed by atoms with Crippen molar-refractivity contribution in [3.8, 4) is 11.8 Å². The van der Waals surface area contributed by atoms with Crippen LogP contribution in [0.2, 0.25) is 0 Å². The van der Waals surface area contributed by atoms with Gasteiger partial charge < -0.3 is 9.84 Å². The van der Waals surface area contributed by atoms with Gasteiger partial charge in [-0.25, -0.2) is 0 Å². The fourth-order valence-electron chi connectivity index (χ4n) is 1.41. The second-order valence-electron chi connectivity index (χ2n) is 3.30. The molecule has 0 unspecified atom stereocenters. The molecular formula is C11H9F2NO3. The number of carboxylic acid groups (broad SMARTS) is 1. The molecule has 1 aromatic carbocycles. The van der Waals surface area contributed by atoms with Gasteiger partial charge in [0.2, 0.25) is 0 Å². The van der Waals surface area contributed by atoms with Gasteiger partial charge in [0.05, 0.1) is 12.0 Å². The van der Waals surface area contributed by atoms with Gasteiger partial charge in [-0.1, -0.05) is 6.07 Å². The molecular weight excluding hydrogens is 232 g/mol. The summed E-state index contributed by atoms with van der Waals surface area (Å²) in [4.78, 5) is 10.6. The van der Waals surface area contributed by atoms with E-state index in [4.69, 9.17) is 10.4 Å². The summed E-state index contributed by atoms with van der Waals surface area (Å²) in [6, 6.07) is 4.50. The number of ether oxygens (including phenoxy) is 1. The largest absolute Gasteiger partial charge is 0.481 e. The Morgan fingerprint density at radius 1 is 1.59 bits per heavy atom. The number of hydrogen-bond donors (Lipinski definition) is 1. The number of rotatable bonds is 4. The van der Waals surface area contributed by atoms with Gasteiger partial charge in [-0.3, -0.25) is 4.79 Å². The third kappa shape index (κ3) is 3.14. The molecule has 0 fully saturated rings. The second-order valence-corrected chi connectivity index (χ2v) is 3.30. The fraction of sp³-hybridized carbons (Fsp3) is 0.273. The van der Waals surface area contributed by atoms with Crippen LogP contribution in [0, 0.1) is 18.3 Å². The summed E-state index contributed by atoms with van der Waals surface area (Å²) in [6.07, 6.45) is -0.469. The van der Waals surface area contributed by atoms with E-state index in [0.717, 1.165) is 0 Å². The van der Waals surface area contributed by atoms with Gasteiger partial charge in [0.1, 0.15) is 11.8 Å². The lowest BCUT2D eigenvalue weighted by molar-refractivity contribution is -0.136. The zero-order valence-electron chi connectivity index (χ0n) is 8.91. The van der Waals surface area contributed by atoms with Crippen molar-refractivity contribution in [2.45, 2.75) is 20.0 Å². The van der Waals surface area contributed by atoms with E-state index in [1.54, 1.807) is 13.0 Å². The summed E-state index contributed by atoms with van der Waals surface area (Å²) < 4.78 is 28.6. The monoisotopic (exact) mass is 241 g/mol. The average molecular weight is 241 g/mol. The number of aryl methyl sites for hydroxylation is 1. The van der Waals surface area contributed by atoms with E-state index in [1.165, 1.54) is 12.1 Å². The van der Waals surface area contributed by atoms with Crippen molar-refractivity contribution in [1.82, 2.24) is 0 Å². The van der Waals surface area contributed by atoms with Crippen LogP contribution >= 0.6 is 0 Å². The fourth-order valence-corrected chi connectivity index (χ4v) is 1.41. The summed E-state index contributed by atoms with van der Waals surface area (Å²) in [6.45, 7) is -1.53. The highest BCUT2D eigenvalue weighted by Gasteiger charge is 2.18. The molecule has 0 aliphatic carbocycles. The maximum atomic E-state index is 12.2. The number of nitriles is 1. The van der Waals surface area contributed by atoms with Crippen molar-refractivity contribution < 1.29 is 23.4 Å². The predicted molar refractivity (Wildman–Crippen MR) is 53.9 cm³/mol. The van der Waals surface area contributed by atoms with E-state index in [1.807, 2.05) is 0 Å². The lowest BCUT2D eigenvalue weighted by Gasteiger charge is -2.13. The van der Waals surface area contributed by atoms with Crippen LogP contribution in [-0.2, 0) is 11.2 Å². The second kappa shape index (κ2) is 5.25. The van der Waals surface area contributed by atoms with E-state index in [9.17, 15) is 13.6 Å². The van der Waals surface area contributed by atoms with Crippen LogP contribution < -0.4 is 4.74 Å². The first-order valence-corrected chi connectivity index (χ1v) is 4.65. The number of hydrogen-bond acceptors (Lipinski definition) is 3. The van der Waals surface area contributed by atoms with Crippen LogP contribution in [0.4, 0.5) is 8.78 Å². The first kappa shape index (κ1) is 12.9. The van der Waals surface area contributed by atoms with Gasteiger partial charge in [-0.2, -0.15) is 14.0 Å². The van der Waals surface area contributed by atoms with Gasteiger partial charge in [-0.15, -0.1) is 0 Å².